The summed E-state index contributed by atoms with van der Waals surface area (Å²) in [5, 5.41) is 24.3. The van der Waals surface area contributed by atoms with Crippen molar-refractivity contribution < 1.29 is 14.6 Å². The molecular formula is C15H13N3O5. The third-order valence-electron chi connectivity index (χ3n) is 3.35. The summed E-state index contributed by atoms with van der Waals surface area (Å²) in [5.41, 5.74) is 1.17. The minimum atomic E-state index is -0.573. The van der Waals surface area contributed by atoms with Crippen molar-refractivity contribution in [3.8, 4) is 0 Å². The van der Waals surface area contributed by atoms with Crippen molar-refractivity contribution in [3.05, 3.63) is 73.3 Å². The number of nitro benzene ring substituents is 2. The van der Waals surface area contributed by atoms with Gasteiger partial charge in [0.15, 0.2) is 0 Å². The van der Waals surface area contributed by atoms with E-state index in [0.717, 1.165) is 0 Å². The number of benzene rings is 2. The number of amides is 1. The van der Waals surface area contributed by atoms with E-state index in [1.807, 2.05) is 0 Å². The third kappa shape index (κ3) is 3.49. The molecule has 0 saturated carbocycles. The molecule has 8 nitrogen and oxygen atoms in total. The second kappa shape index (κ2) is 6.22. The summed E-state index contributed by atoms with van der Waals surface area (Å²) in [6.07, 6.45) is 0. The summed E-state index contributed by atoms with van der Waals surface area (Å²) < 4.78 is 0. The normalized spacial score (nSPS) is 10.2. The summed E-state index contributed by atoms with van der Waals surface area (Å²) in [4.78, 5) is 32.8. The fourth-order valence-corrected chi connectivity index (χ4v) is 2.00. The molecule has 2 aromatic rings. The average Bonchev–Trinajstić information content (AvgIpc) is 2.49. The van der Waals surface area contributed by atoms with Gasteiger partial charge in [0.2, 0.25) is 0 Å². The van der Waals surface area contributed by atoms with Crippen molar-refractivity contribution in [3.63, 3.8) is 0 Å². The van der Waals surface area contributed by atoms with Crippen molar-refractivity contribution in [1.29, 1.82) is 0 Å². The third-order valence-corrected chi connectivity index (χ3v) is 3.35. The largest absolute Gasteiger partial charge is 0.321 e. The minimum Gasteiger partial charge on any atom is -0.321 e. The molecule has 0 aliphatic carbocycles. The molecule has 0 bridgehead atoms. The van der Waals surface area contributed by atoms with Crippen molar-refractivity contribution in [1.82, 2.24) is 0 Å². The second-order valence-corrected chi connectivity index (χ2v) is 4.97. The zero-order valence-corrected chi connectivity index (χ0v) is 12.4. The van der Waals surface area contributed by atoms with Crippen molar-refractivity contribution in [2.45, 2.75) is 13.8 Å². The van der Waals surface area contributed by atoms with Crippen LogP contribution in [0.2, 0.25) is 0 Å². The molecule has 2 aromatic carbocycles. The molecule has 0 aliphatic rings. The smallest absolute Gasteiger partial charge is 0.273 e. The van der Waals surface area contributed by atoms with Gasteiger partial charge in [0, 0.05) is 29.3 Å². The standard InChI is InChI=1S/C15H13N3O5/c1-9-4-6-12(17(20)21)8-13(9)16-15(19)11-5-3-10(2)14(7-11)18(22)23/h3-8H,1-2H3,(H,16,19). The quantitative estimate of drug-likeness (QED) is 0.686. The van der Waals surface area contributed by atoms with Crippen LogP contribution in [0.25, 0.3) is 0 Å². The molecule has 1 N–H and O–H groups in total. The maximum absolute atomic E-state index is 12.2. The van der Waals surface area contributed by atoms with E-state index in [-0.39, 0.29) is 22.6 Å². The molecule has 0 aromatic heterocycles. The molecular weight excluding hydrogens is 302 g/mol. The Hall–Kier alpha value is -3.29. The Morgan fingerprint density at radius 3 is 2.22 bits per heavy atom. The number of nitrogens with zero attached hydrogens (tertiary/aromatic N) is 2. The van der Waals surface area contributed by atoms with Crippen LogP contribution in [0.15, 0.2) is 36.4 Å². The number of nitro groups is 2. The van der Waals surface area contributed by atoms with Crippen LogP contribution in [0.5, 0.6) is 0 Å². The van der Waals surface area contributed by atoms with Gasteiger partial charge in [-0.2, -0.15) is 0 Å². The first-order chi connectivity index (χ1) is 10.8. The van der Waals surface area contributed by atoms with Gasteiger partial charge >= 0.3 is 0 Å². The molecule has 1 amide bonds. The Morgan fingerprint density at radius 2 is 1.61 bits per heavy atom. The second-order valence-electron chi connectivity index (χ2n) is 4.97. The summed E-state index contributed by atoms with van der Waals surface area (Å²) in [5.74, 6) is -0.573. The van der Waals surface area contributed by atoms with E-state index in [1.165, 1.54) is 36.4 Å². The number of hydrogen-bond donors (Lipinski definition) is 1. The van der Waals surface area contributed by atoms with Gasteiger partial charge < -0.3 is 5.32 Å². The molecule has 0 fully saturated rings. The van der Waals surface area contributed by atoms with Gasteiger partial charge in [-0.15, -0.1) is 0 Å². The summed E-state index contributed by atoms with van der Waals surface area (Å²) in [6.45, 7) is 3.27. The molecule has 0 saturated heterocycles. The van der Waals surface area contributed by atoms with Gasteiger partial charge in [0.25, 0.3) is 17.3 Å². The lowest BCUT2D eigenvalue weighted by atomic mass is 10.1. The molecule has 0 radical (unpaired) electrons. The zero-order valence-electron chi connectivity index (χ0n) is 12.4. The first kappa shape index (κ1) is 16.1. The molecule has 2 rings (SSSR count). The van der Waals surface area contributed by atoms with Gasteiger partial charge in [-0.1, -0.05) is 12.1 Å². The summed E-state index contributed by atoms with van der Waals surface area (Å²) in [7, 11) is 0. The lowest BCUT2D eigenvalue weighted by molar-refractivity contribution is -0.385. The van der Waals surface area contributed by atoms with Crippen molar-refractivity contribution in [2.75, 3.05) is 5.32 Å². The predicted molar refractivity (Wildman–Crippen MR) is 83.6 cm³/mol. The number of aryl methyl sites for hydroxylation is 2. The lowest BCUT2D eigenvalue weighted by Gasteiger charge is -2.08. The van der Waals surface area contributed by atoms with Crippen LogP contribution in [0.4, 0.5) is 17.1 Å². The van der Waals surface area contributed by atoms with Crippen LogP contribution < -0.4 is 5.32 Å². The van der Waals surface area contributed by atoms with Gasteiger partial charge in [-0.25, -0.2) is 0 Å². The fourth-order valence-electron chi connectivity index (χ4n) is 2.00. The monoisotopic (exact) mass is 315 g/mol. The maximum atomic E-state index is 12.2. The zero-order chi connectivity index (χ0) is 17.1. The summed E-state index contributed by atoms with van der Waals surface area (Å²) in [6, 6.07) is 8.22. The number of carbonyl (C=O) groups is 1. The van der Waals surface area contributed by atoms with Crippen molar-refractivity contribution >= 4 is 23.0 Å². The number of anilines is 1. The molecule has 0 spiro atoms. The van der Waals surface area contributed by atoms with Crippen LogP contribution in [0.3, 0.4) is 0 Å². The van der Waals surface area contributed by atoms with E-state index in [1.54, 1.807) is 13.8 Å². The Bertz CT molecular complexity index is 817. The van der Waals surface area contributed by atoms with Gasteiger partial charge in [-0.05, 0) is 25.5 Å². The van der Waals surface area contributed by atoms with E-state index in [0.29, 0.717) is 11.1 Å². The SMILES string of the molecule is Cc1ccc([N+](=O)[O-])cc1NC(=O)c1ccc(C)c([N+](=O)[O-])c1. The predicted octanol–water partition coefficient (Wildman–Crippen LogP) is 3.37. The van der Waals surface area contributed by atoms with E-state index >= 15 is 0 Å². The number of hydrogen-bond acceptors (Lipinski definition) is 5. The highest BCUT2D eigenvalue weighted by molar-refractivity contribution is 6.05. The van der Waals surface area contributed by atoms with Gasteiger partial charge in [-0.3, -0.25) is 25.0 Å². The number of rotatable bonds is 4. The Morgan fingerprint density at radius 1 is 0.957 bits per heavy atom. The van der Waals surface area contributed by atoms with E-state index in [9.17, 15) is 25.0 Å². The number of carbonyl (C=O) groups excluding carboxylic acids is 1. The minimum absolute atomic E-state index is 0.105. The van der Waals surface area contributed by atoms with Crippen LogP contribution in [-0.2, 0) is 0 Å². The summed E-state index contributed by atoms with van der Waals surface area (Å²) >= 11 is 0. The molecule has 8 heteroatoms. The maximum Gasteiger partial charge on any atom is 0.273 e. The van der Waals surface area contributed by atoms with Crippen LogP contribution in [0, 0.1) is 34.1 Å². The van der Waals surface area contributed by atoms with E-state index in [2.05, 4.69) is 5.32 Å². The van der Waals surface area contributed by atoms with E-state index < -0.39 is 15.8 Å². The van der Waals surface area contributed by atoms with Crippen LogP contribution in [-0.4, -0.2) is 15.8 Å². The molecule has 0 heterocycles. The molecule has 23 heavy (non-hydrogen) atoms. The van der Waals surface area contributed by atoms with Crippen LogP contribution >= 0.6 is 0 Å². The first-order valence-corrected chi connectivity index (χ1v) is 6.61. The molecule has 118 valence electrons. The topological polar surface area (TPSA) is 115 Å². The lowest BCUT2D eigenvalue weighted by Crippen LogP contribution is -2.13. The first-order valence-electron chi connectivity index (χ1n) is 6.61. The number of non-ortho nitro benzene ring substituents is 1. The Balaban J connectivity index is 2.33. The highest BCUT2D eigenvalue weighted by Crippen LogP contribution is 2.24. The molecule has 0 atom stereocenters. The molecule has 0 unspecified atom stereocenters. The van der Waals surface area contributed by atoms with Crippen molar-refractivity contribution in [2.24, 2.45) is 0 Å². The van der Waals surface area contributed by atoms with Crippen LogP contribution in [0.1, 0.15) is 21.5 Å². The van der Waals surface area contributed by atoms with Gasteiger partial charge in [0.05, 0.1) is 15.5 Å². The highest BCUT2D eigenvalue weighted by atomic mass is 16.6. The molecule has 0 aliphatic heterocycles. The number of nitrogens with one attached hydrogen (secondary N) is 1. The van der Waals surface area contributed by atoms with E-state index in [4.69, 9.17) is 0 Å². The van der Waals surface area contributed by atoms with Gasteiger partial charge in [0.1, 0.15) is 0 Å². The Kier molecular flexibility index (Phi) is 4.35. The fraction of sp³-hybridized carbons (Fsp3) is 0.133. The highest BCUT2D eigenvalue weighted by Gasteiger charge is 2.16. The Labute approximate surface area is 131 Å². The average molecular weight is 315 g/mol.